The highest BCUT2D eigenvalue weighted by Crippen LogP contribution is 2.31. The standard InChI is InChI=1S/C25H31ClN4O4/c1-4-34-23(32)20-13-21-22(31)29(14-17-7-9-18(26)10-8-17)25(3,15-30(21)28-20)24(33)27-19-11-5-16(2)6-12-19/h7-10,13,16,19H,4-6,11-12,14-15H2,1-3H3,(H,27,33)/t16?,19?,25-/m1/s1. The molecular formula is C25H31ClN4O4. The number of hydrogen-bond acceptors (Lipinski definition) is 5. The first-order valence-corrected chi connectivity index (χ1v) is 12.2. The Labute approximate surface area is 204 Å². The molecule has 1 aliphatic heterocycles. The lowest BCUT2D eigenvalue weighted by Gasteiger charge is -2.44. The summed E-state index contributed by atoms with van der Waals surface area (Å²) in [6.45, 7) is 6.26. The van der Waals surface area contributed by atoms with E-state index in [-0.39, 0.29) is 48.9 Å². The Morgan fingerprint density at radius 2 is 1.88 bits per heavy atom. The third-order valence-corrected chi connectivity index (χ3v) is 7.13. The average Bonchev–Trinajstić information content (AvgIpc) is 3.23. The van der Waals surface area contributed by atoms with E-state index in [1.807, 2.05) is 12.1 Å². The Bertz CT molecular complexity index is 1080. The Morgan fingerprint density at radius 3 is 2.53 bits per heavy atom. The van der Waals surface area contributed by atoms with Crippen LogP contribution in [0, 0.1) is 5.92 Å². The third-order valence-electron chi connectivity index (χ3n) is 6.88. The van der Waals surface area contributed by atoms with Crippen LogP contribution >= 0.6 is 11.6 Å². The van der Waals surface area contributed by atoms with Crippen LogP contribution in [0.5, 0.6) is 0 Å². The minimum absolute atomic E-state index is 0.0579. The summed E-state index contributed by atoms with van der Waals surface area (Å²) in [7, 11) is 0. The zero-order valence-corrected chi connectivity index (χ0v) is 20.6. The number of aromatic nitrogens is 2. The minimum atomic E-state index is -1.19. The number of esters is 1. The molecule has 0 spiro atoms. The molecule has 2 aliphatic rings. The first-order valence-electron chi connectivity index (χ1n) is 11.8. The summed E-state index contributed by atoms with van der Waals surface area (Å²) in [6, 6.07) is 8.72. The van der Waals surface area contributed by atoms with Gasteiger partial charge in [0, 0.05) is 23.7 Å². The van der Waals surface area contributed by atoms with Crippen molar-refractivity contribution in [2.75, 3.05) is 6.61 Å². The van der Waals surface area contributed by atoms with E-state index in [0.29, 0.717) is 10.9 Å². The smallest absolute Gasteiger partial charge is 0.358 e. The summed E-state index contributed by atoms with van der Waals surface area (Å²) < 4.78 is 6.51. The Morgan fingerprint density at radius 1 is 1.21 bits per heavy atom. The number of hydrogen-bond donors (Lipinski definition) is 1. The number of nitrogens with zero attached hydrogens (tertiary/aromatic N) is 3. The Balaban J connectivity index is 1.66. The topological polar surface area (TPSA) is 93.5 Å². The first kappa shape index (κ1) is 24.3. The second-order valence-electron chi connectivity index (χ2n) is 9.51. The van der Waals surface area contributed by atoms with Crippen LogP contribution in [0.15, 0.2) is 30.3 Å². The molecule has 1 N–H and O–H groups in total. The van der Waals surface area contributed by atoms with Crippen molar-refractivity contribution in [3.05, 3.63) is 52.3 Å². The maximum atomic E-state index is 13.7. The van der Waals surface area contributed by atoms with Crippen LogP contribution < -0.4 is 5.32 Å². The van der Waals surface area contributed by atoms with Crippen LogP contribution in [0.1, 0.15) is 73.0 Å². The van der Waals surface area contributed by atoms with Gasteiger partial charge in [0.15, 0.2) is 5.69 Å². The van der Waals surface area contributed by atoms with E-state index in [4.69, 9.17) is 16.3 Å². The molecule has 1 atom stereocenters. The highest BCUT2D eigenvalue weighted by molar-refractivity contribution is 6.30. The normalized spacial score (nSPS) is 24.5. The van der Waals surface area contributed by atoms with Crippen LogP contribution in [-0.2, 0) is 22.6 Å². The highest BCUT2D eigenvalue weighted by Gasteiger charge is 2.48. The molecule has 9 heteroatoms. The van der Waals surface area contributed by atoms with Crippen molar-refractivity contribution in [1.29, 1.82) is 0 Å². The summed E-state index contributed by atoms with van der Waals surface area (Å²) in [5.41, 5.74) is -0.0247. The predicted molar refractivity (Wildman–Crippen MR) is 127 cm³/mol. The van der Waals surface area contributed by atoms with Gasteiger partial charge < -0.3 is 15.0 Å². The molecule has 0 bridgehead atoms. The van der Waals surface area contributed by atoms with E-state index >= 15 is 0 Å². The molecule has 1 aromatic heterocycles. The number of benzene rings is 1. The summed E-state index contributed by atoms with van der Waals surface area (Å²) >= 11 is 6.03. The number of carbonyl (C=O) groups excluding carboxylic acids is 3. The predicted octanol–water partition coefficient (Wildman–Crippen LogP) is 3.82. The van der Waals surface area contributed by atoms with Gasteiger partial charge in [-0.05, 0) is 63.1 Å². The van der Waals surface area contributed by atoms with Gasteiger partial charge in [0.05, 0.1) is 13.2 Å². The summed E-state index contributed by atoms with van der Waals surface area (Å²) in [5.74, 6) is -0.509. The van der Waals surface area contributed by atoms with E-state index in [1.165, 1.54) is 10.7 Å². The molecule has 0 radical (unpaired) electrons. The molecule has 2 heterocycles. The van der Waals surface area contributed by atoms with Gasteiger partial charge in [0.1, 0.15) is 11.2 Å². The molecule has 1 aromatic carbocycles. The zero-order valence-electron chi connectivity index (χ0n) is 19.8. The minimum Gasteiger partial charge on any atom is -0.461 e. The molecule has 0 saturated heterocycles. The number of halogens is 1. The van der Waals surface area contributed by atoms with E-state index in [9.17, 15) is 14.4 Å². The molecule has 8 nitrogen and oxygen atoms in total. The fourth-order valence-corrected chi connectivity index (χ4v) is 4.84. The van der Waals surface area contributed by atoms with Gasteiger partial charge in [-0.1, -0.05) is 30.7 Å². The van der Waals surface area contributed by atoms with Crippen LogP contribution in [0.2, 0.25) is 5.02 Å². The van der Waals surface area contributed by atoms with Crippen molar-refractivity contribution >= 4 is 29.4 Å². The van der Waals surface area contributed by atoms with E-state index in [1.54, 1.807) is 30.9 Å². The molecule has 2 amide bonds. The lowest BCUT2D eigenvalue weighted by Crippen LogP contribution is -2.64. The molecule has 34 heavy (non-hydrogen) atoms. The molecule has 1 aliphatic carbocycles. The van der Waals surface area contributed by atoms with Gasteiger partial charge in [0.2, 0.25) is 5.91 Å². The zero-order chi connectivity index (χ0) is 24.5. The fraction of sp³-hybridized carbons (Fsp3) is 0.520. The second kappa shape index (κ2) is 9.78. The largest absolute Gasteiger partial charge is 0.461 e. The number of amides is 2. The lowest BCUT2D eigenvalue weighted by molar-refractivity contribution is -0.134. The van der Waals surface area contributed by atoms with Crippen LogP contribution in [-0.4, -0.2) is 50.7 Å². The fourth-order valence-electron chi connectivity index (χ4n) is 4.71. The average molecular weight is 487 g/mol. The van der Waals surface area contributed by atoms with Crippen molar-refractivity contribution in [1.82, 2.24) is 20.0 Å². The maximum Gasteiger partial charge on any atom is 0.358 e. The first-order chi connectivity index (χ1) is 16.2. The van der Waals surface area contributed by atoms with Crippen LogP contribution in [0.25, 0.3) is 0 Å². The number of ether oxygens (including phenoxy) is 1. The molecule has 2 aromatic rings. The SMILES string of the molecule is CCOC(=O)c1cc2n(n1)C[C@](C)(C(=O)NC1CCC(C)CC1)N(Cc1ccc(Cl)cc1)C2=O. The Kier molecular flexibility index (Phi) is 6.98. The maximum absolute atomic E-state index is 13.7. The van der Waals surface area contributed by atoms with Gasteiger partial charge in [-0.15, -0.1) is 0 Å². The molecule has 182 valence electrons. The Hall–Kier alpha value is -2.87. The van der Waals surface area contributed by atoms with Crippen LogP contribution in [0.4, 0.5) is 0 Å². The van der Waals surface area contributed by atoms with Gasteiger partial charge in [-0.3, -0.25) is 14.3 Å². The molecule has 0 unspecified atom stereocenters. The van der Waals surface area contributed by atoms with Crippen LogP contribution in [0.3, 0.4) is 0 Å². The quantitative estimate of drug-likeness (QED) is 0.626. The van der Waals surface area contributed by atoms with Gasteiger partial charge in [0.25, 0.3) is 5.91 Å². The third kappa shape index (κ3) is 4.82. The highest BCUT2D eigenvalue weighted by atomic mass is 35.5. The molecule has 1 saturated carbocycles. The second-order valence-corrected chi connectivity index (χ2v) is 9.95. The molecule has 4 rings (SSSR count). The summed E-state index contributed by atoms with van der Waals surface area (Å²) in [4.78, 5) is 41.1. The number of fused-ring (bicyclic) bond motifs is 1. The van der Waals surface area contributed by atoms with Gasteiger partial charge in [-0.25, -0.2) is 4.79 Å². The number of rotatable bonds is 6. The summed E-state index contributed by atoms with van der Waals surface area (Å²) in [6.07, 6.45) is 3.99. The lowest BCUT2D eigenvalue weighted by atomic mass is 9.86. The van der Waals surface area contributed by atoms with Gasteiger partial charge >= 0.3 is 5.97 Å². The summed E-state index contributed by atoms with van der Waals surface area (Å²) in [5, 5.41) is 8.09. The van der Waals surface area contributed by atoms with Crippen molar-refractivity contribution in [3.8, 4) is 0 Å². The van der Waals surface area contributed by atoms with Crippen molar-refractivity contribution < 1.29 is 19.1 Å². The number of carbonyl (C=O) groups is 3. The van der Waals surface area contributed by atoms with E-state index < -0.39 is 11.5 Å². The van der Waals surface area contributed by atoms with Crippen molar-refractivity contribution in [2.24, 2.45) is 5.92 Å². The molecular weight excluding hydrogens is 456 g/mol. The molecule has 1 fully saturated rings. The monoisotopic (exact) mass is 486 g/mol. The number of nitrogens with one attached hydrogen (secondary N) is 1. The van der Waals surface area contributed by atoms with E-state index in [2.05, 4.69) is 17.3 Å². The van der Waals surface area contributed by atoms with Crippen molar-refractivity contribution in [3.63, 3.8) is 0 Å². The van der Waals surface area contributed by atoms with Gasteiger partial charge in [-0.2, -0.15) is 5.10 Å². The van der Waals surface area contributed by atoms with Crippen molar-refractivity contribution in [2.45, 2.75) is 71.1 Å². The van der Waals surface area contributed by atoms with E-state index in [0.717, 1.165) is 31.2 Å².